The number of aromatic nitrogens is 1. The van der Waals surface area contributed by atoms with Crippen LogP contribution < -0.4 is 27.3 Å². The topological polar surface area (TPSA) is 129 Å². The predicted octanol–water partition coefficient (Wildman–Crippen LogP) is 1.45. The summed E-state index contributed by atoms with van der Waals surface area (Å²) in [4.78, 5) is 16.2. The highest BCUT2D eigenvalue weighted by atomic mass is 16.5. The summed E-state index contributed by atoms with van der Waals surface area (Å²) in [6.07, 6.45) is 2.43. The van der Waals surface area contributed by atoms with E-state index in [0.29, 0.717) is 29.2 Å². The summed E-state index contributed by atoms with van der Waals surface area (Å²) in [5, 5.41) is 2.69. The Bertz CT molecular complexity index is 802. The minimum Gasteiger partial charge on any atom is -0.481 e. The summed E-state index contributed by atoms with van der Waals surface area (Å²) < 4.78 is 5.29. The number of amides is 1. The molecule has 0 spiro atoms. The molecule has 0 aliphatic rings. The minimum atomic E-state index is -0.414. The third-order valence-corrected chi connectivity index (χ3v) is 3.72. The third kappa shape index (κ3) is 3.82. The number of carbonyl (C=O) groups excluding carboxylic acids is 1. The minimum absolute atomic E-state index is 0.0598. The van der Waals surface area contributed by atoms with E-state index in [1.807, 2.05) is 19.1 Å². The van der Waals surface area contributed by atoms with Crippen LogP contribution in [0.2, 0.25) is 0 Å². The maximum Gasteiger partial charge on any atom is 0.269 e. The number of hydrogen-bond donors (Lipinski definition) is 4. The van der Waals surface area contributed by atoms with Gasteiger partial charge < -0.3 is 27.3 Å². The first-order valence-corrected chi connectivity index (χ1v) is 7.92. The Morgan fingerprint density at radius 3 is 2.60 bits per heavy atom. The molecule has 0 bridgehead atoms. The van der Waals surface area contributed by atoms with E-state index in [-0.39, 0.29) is 11.4 Å². The number of nitrogen functional groups attached to an aromatic ring is 1. The molecule has 0 unspecified atom stereocenters. The molecule has 7 nitrogen and oxygen atoms in total. The quantitative estimate of drug-likeness (QED) is 0.465. The molecule has 0 radical (unpaired) electrons. The molecule has 132 valence electrons. The van der Waals surface area contributed by atoms with Gasteiger partial charge in [0.15, 0.2) is 0 Å². The maximum atomic E-state index is 12.0. The van der Waals surface area contributed by atoms with Gasteiger partial charge in [0, 0.05) is 35.1 Å². The number of nitrogens with zero attached hydrogens (tertiary/aromatic N) is 1. The van der Waals surface area contributed by atoms with Gasteiger partial charge in [-0.15, -0.1) is 0 Å². The Morgan fingerprint density at radius 1 is 1.20 bits per heavy atom. The first-order chi connectivity index (χ1) is 12.0. The molecule has 0 saturated carbocycles. The van der Waals surface area contributed by atoms with Crippen molar-refractivity contribution in [1.29, 1.82) is 0 Å². The Hall–Kier alpha value is -3.22. The lowest BCUT2D eigenvalue weighted by Crippen LogP contribution is -2.31. The van der Waals surface area contributed by atoms with Gasteiger partial charge in [-0.25, -0.2) is 4.98 Å². The van der Waals surface area contributed by atoms with Crippen LogP contribution in [0.15, 0.2) is 42.2 Å². The van der Waals surface area contributed by atoms with E-state index in [1.54, 1.807) is 24.4 Å². The first kappa shape index (κ1) is 18.1. The largest absolute Gasteiger partial charge is 0.481 e. The smallest absolute Gasteiger partial charge is 0.269 e. The molecule has 0 aliphatic carbocycles. The molecule has 0 aliphatic heterocycles. The van der Waals surface area contributed by atoms with Gasteiger partial charge in [0.05, 0.1) is 12.8 Å². The highest BCUT2D eigenvalue weighted by Gasteiger charge is 2.17. The van der Waals surface area contributed by atoms with E-state index in [4.69, 9.17) is 21.9 Å². The van der Waals surface area contributed by atoms with Gasteiger partial charge in [-0.2, -0.15) is 0 Å². The molecule has 2 aromatic rings. The second-order valence-electron chi connectivity index (χ2n) is 5.41. The predicted molar refractivity (Wildman–Crippen MR) is 99.2 cm³/mol. The Morgan fingerprint density at radius 2 is 1.92 bits per heavy atom. The van der Waals surface area contributed by atoms with Crippen LogP contribution >= 0.6 is 0 Å². The van der Waals surface area contributed by atoms with E-state index in [2.05, 4.69) is 10.3 Å². The van der Waals surface area contributed by atoms with Gasteiger partial charge in [-0.1, -0.05) is 25.1 Å². The number of benzene rings is 1. The monoisotopic (exact) mass is 341 g/mol. The van der Waals surface area contributed by atoms with Crippen LogP contribution in [0.4, 0.5) is 5.69 Å². The molecule has 1 aromatic heterocycles. The van der Waals surface area contributed by atoms with E-state index in [9.17, 15) is 4.79 Å². The number of hydrogen-bond acceptors (Lipinski definition) is 6. The second-order valence-corrected chi connectivity index (χ2v) is 5.41. The van der Waals surface area contributed by atoms with Crippen molar-refractivity contribution < 1.29 is 9.53 Å². The average molecular weight is 341 g/mol. The van der Waals surface area contributed by atoms with E-state index >= 15 is 0 Å². The molecule has 0 atom stereocenters. The van der Waals surface area contributed by atoms with E-state index in [0.717, 1.165) is 12.0 Å². The molecule has 7 heteroatoms. The molecular weight excluding hydrogens is 318 g/mol. The van der Waals surface area contributed by atoms with Gasteiger partial charge in [-0.05, 0) is 18.6 Å². The first-order valence-electron chi connectivity index (χ1n) is 7.92. The van der Waals surface area contributed by atoms with Crippen LogP contribution in [-0.4, -0.2) is 24.5 Å². The molecular formula is C18H23N5O2. The summed E-state index contributed by atoms with van der Waals surface area (Å²) >= 11 is 0. The molecule has 0 saturated heterocycles. The fraction of sp³-hybridized carbons (Fsp3) is 0.222. The molecule has 1 aromatic carbocycles. The average Bonchev–Trinajstić information content (AvgIpc) is 2.65. The molecule has 1 amide bonds. The Kier molecular flexibility index (Phi) is 5.84. The maximum absolute atomic E-state index is 12.0. The van der Waals surface area contributed by atoms with Gasteiger partial charge in [0.25, 0.3) is 5.91 Å². The van der Waals surface area contributed by atoms with Crippen molar-refractivity contribution in [2.45, 2.75) is 13.3 Å². The molecule has 0 fully saturated rings. The number of carbonyl (C=O) groups is 1. The molecule has 2 rings (SSSR count). The van der Waals surface area contributed by atoms with E-state index < -0.39 is 5.91 Å². The number of para-hydroxylation sites is 1. The summed E-state index contributed by atoms with van der Waals surface area (Å²) in [5.41, 5.74) is 20.7. The lowest BCUT2D eigenvalue weighted by atomic mass is 9.99. The second kappa shape index (κ2) is 8.05. The van der Waals surface area contributed by atoms with Gasteiger partial charge >= 0.3 is 0 Å². The van der Waals surface area contributed by atoms with Crippen LogP contribution in [-0.2, 0) is 4.79 Å². The molecule has 25 heavy (non-hydrogen) atoms. The third-order valence-electron chi connectivity index (χ3n) is 3.72. The number of ether oxygens (including phenoxy) is 1. The Balaban J connectivity index is 2.50. The fourth-order valence-electron chi connectivity index (χ4n) is 2.39. The van der Waals surface area contributed by atoms with Crippen molar-refractivity contribution >= 4 is 17.3 Å². The standard InChI is InChI=1S/C18H23N5O2/c1-3-9-22-17(24)16(21)15(20)13-7-4-6-11(14(13)19)12-8-5-10-23-18(12)25-2/h4-8,10H,3,9,19-21H2,1-2H3,(H,22,24)/b16-15+. The highest BCUT2D eigenvalue weighted by Crippen LogP contribution is 2.35. The van der Waals surface area contributed by atoms with Crippen molar-refractivity contribution in [3.63, 3.8) is 0 Å². The number of methoxy groups -OCH3 is 1. The summed E-state index contributed by atoms with van der Waals surface area (Å²) in [5.74, 6) is 0.0330. The summed E-state index contributed by atoms with van der Waals surface area (Å²) in [6, 6.07) is 8.97. The SMILES string of the molecule is CCCNC(=O)/C(N)=C(\N)c1cccc(-c2cccnc2OC)c1N. The molecule has 1 heterocycles. The van der Waals surface area contributed by atoms with Crippen LogP contribution in [0.1, 0.15) is 18.9 Å². The number of rotatable bonds is 6. The normalized spacial score (nSPS) is 11.6. The van der Waals surface area contributed by atoms with Crippen LogP contribution in [0.3, 0.4) is 0 Å². The van der Waals surface area contributed by atoms with E-state index in [1.165, 1.54) is 7.11 Å². The number of nitrogens with one attached hydrogen (secondary N) is 1. The van der Waals surface area contributed by atoms with Crippen LogP contribution in [0.5, 0.6) is 5.88 Å². The van der Waals surface area contributed by atoms with Crippen molar-refractivity contribution in [2.24, 2.45) is 11.5 Å². The fourth-order valence-corrected chi connectivity index (χ4v) is 2.39. The zero-order valence-corrected chi connectivity index (χ0v) is 14.4. The lowest BCUT2D eigenvalue weighted by Gasteiger charge is -2.15. The van der Waals surface area contributed by atoms with Crippen LogP contribution in [0.25, 0.3) is 16.8 Å². The van der Waals surface area contributed by atoms with Crippen molar-refractivity contribution in [3.05, 3.63) is 47.8 Å². The van der Waals surface area contributed by atoms with Gasteiger partial charge in [0.1, 0.15) is 5.70 Å². The number of nitrogens with two attached hydrogens (primary N) is 3. The van der Waals surface area contributed by atoms with Gasteiger partial charge in [-0.3, -0.25) is 4.79 Å². The zero-order chi connectivity index (χ0) is 18.4. The lowest BCUT2D eigenvalue weighted by molar-refractivity contribution is -0.117. The summed E-state index contributed by atoms with van der Waals surface area (Å²) in [6.45, 7) is 2.47. The van der Waals surface area contributed by atoms with Crippen molar-refractivity contribution in [3.8, 4) is 17.0 Å². The highest BCUT2D eigenvalue weighted by molar-refractivity contribution is 6.01. The van der Waals surface area contributed by atoms with Crippen molar-refractivity contribution in [1.82, 2.24) is 10.3 Å². The zero-order valence-electron chi connectivity index (χ0n) is 14.4. The summed E-state index contributed by atoms with van der Waals surface area (Å²) in [7, 11) is 1.54. The number of pyridine rings is 1. The number of anilines is 1. The molecule has 7 N–H and O–H groups in total. The Labute approximate surface area is 146 Å². The van der Waals surface area contributed by atoms with Crippen molar-refractivity contribution in [2.75, 3.05) is 19.4 Å². The van der Waals surface area contributed by atoms with Gasteiger partial charge in [0.2, 0.25) is 5.88 Å². The van der Waals surface area contributed by atoms with Crippen LogP contribution in [0, 0.1) is 0 Å².